The molecule has 0 amide bonds. The van der Waals surface area contributed by atoms with Gasteiger partial charge in [0.1, 0.15) is 5.82 Å². The number of aromatic nitrogens is 3. The Kier molecular flexibility index (Phi) is 5.69. The highest BCUT2D eigenvalue weighted by molar-refractivity contribution is 5.84. The first-order valence-corrected chi connectivity index (χ1v) is 8.30. The molecule has 0 saturated carbocycles. The summed E-state index contributed by atoms with van der Waals surface area (Å²) < 4.78 is 0. The van der Waals surface area contributed by atoms with Crippen LogP contribution in [-0.4, -0.2) is 50.1 Å². The number of carboxylic acid groups (broad SMARTS) is 1. The van der Waals surface area contributed by atoms with Crippen LogP contribution in [0.3, 0.4) is 0 Å². The molecule has 2 aromatic rings. The molecule has 3 heterocycles. The fourth-order valence-corrected chi connectivity index (χ4v) is 2.93. The lowest BCUT2D eigenvalue weighted by Gasteiger charge is -2.33. The summed E-state index contributed by atoms with van der Waals surface area (Å²) in [7, 11) is 0. The number of hydrogen-bond donors (Lipinski definition) is 2. The van der Waals surface area contributed by atoms with Crippen LogP contribution in [0.4, 0.5) is 5.82 Å². The SMILES string of the molecule is O=C(O)C=Cc1cnc(N[C@@H]2CCCN(Cc3cccnc3)C2)cn1. The van der Waals surface area contributed by atoms with Gasteiger partial charge in [-0.1, -0.05) is 6.07 Å². The fourth-order valence-electron chi connectivity index (χ4n) is 2.93. The standard InChI is InChI=1S/C18H21N5O2/c24-18(25)6-5-15-10-21-17(11-20-15)22-16-4-2-8-23(13-16)12-14-3-1-7-19-9-14/h1,3,5-7,9-11,16H,2,4,8,12-13H2,(H,21,22)(H,24,25)/t16-/m1/s1. The van der Waals surface area contributed by atoms with Gasteiger partial charge in [0.2, 0.25) is 0 Å². The minimum atomic E-state index is -1.00. The van der Waals surface area contributed by atoms with Crippen molar-refractivity contribution in [3.63, 3.8) is 0 Å². The summed E-state index contributed by atoms with van der Waals surface area (Å²) in [6, 6.07) is 4.38. The molecular weight excluding hydrogens is 318 g/mol. The first-order chi connectivity index (χ1) is 12.2. The second-order valence-corrected chi connectivity index (χ2v) is 6.08. The van der Waals surface area contributed by atoms with E-state index < -0.39 is 5.97 Å². The van der Waals surface area contributed by atoms with E-state index in [4.69, 9.17) is 5.11 Å². The van der Waals surface area contributed by atoms with Crippen molar-refractivity contribution in [3.8, 4) is 0 Å². The smallest absolute Gasteiger partial charge is 0.328 e. The van der Waals surface area contributed by atoms with Gasteiger partial charge in [0, 0.05) is 37.6 Å². The van der Waals surface area contributed by atoms with Gasteiger partial charge in [-0.15, -0.1) is 0 Å². The van der Waals surface area contributed by atoms with Crippen LogP contribution in [0.5, 0.6) is 0 Å². The summed E-state index contributed by atoms with van der Waals surface area (Å²) in [6.45, 7) is 2.92. The van der Waals surface area contributed by atoms with Crippen molar-refractivity contribution < 1.29 is 9.90 Å². The molecule has 0 unspecified atom stereocenters. The molecule has 3 rings (SSSR count). The van der Waals surface area contributed by atoms with Gasteiger partial charge in [0.25, 0.3) is 0 Å². The lowest BCUT2D eigenvalue weighted by molar-refractivity contribution is -0.131. The molecule has 0 aromatic carbocycles. The van der Waals surface area contributed by atoms with E-state index in [0.29, 0.717) is 17.6 Å². The molecule has 0 radical (unpaired) electrons. The van der Waals surface area contributed by atoms with Crippen LogP contribution in [0.2, 0.25) is 0 Å². The second kappa shape index (κ2) is 8.34. The van der Waals surface area contributed by atoms with Crippen LogP contribution in [0.1, 0.15) is 24.1 Å². The van der Waals surface area contributed by atoms with Gasteiger partial charge < -0.3 is 10.4 Å². The molecule has 1 fully saturated rings. The topological polar surface area (TPSA) is 91.2 Å². The lowest BCUT2D eigenvalue weighted by Crippen LogP contribution is -2.41. The summed E-state index contributed by atoms with van der Waals surface area (Å²) >= 11 is 0. The molecule has 2 N–H and O–H groups in total. The summed E-state index contributed by atoms with van der Waals surface area (Å²) in [5.41, 5.74) is 1.74. The van der Waals surface area contributed by atoms with Crippen molar-refractivity contribution in [2.75, 3.05) is 18.4 Å². The third-order valence-electron chi connectivity index (χ3n) is 4.05. The minimum Gasteiger partial charge on any atom is -0.478 e. The predicted molar refractivity (Wildman–Crippen MR) is 94.9 cm³/mol. The summed E-state index contributed by atoms with van der Waals surface area (Å²) in [5.74, 6) is -0.291. The number of pyridine rings is 1. The average Bonchev–Trinajstić information content (AvgIpc) is 2.62. The van der Waals surface area contributed by atoms with E-state index in [-0.39, 0.29) is 0 Å². The number of piperidine rings is 1. The Balaban J connectivity index is 1.54. The molecule has 0 aliphatic carbocycles. The largest absolute Gasteiger partial charge is 0.478 e. The van der Waals surface area contributed by atoms with E-state index in [1.165, 1.54) is 11.6 Å². The number of hydrogen-bond acceptors (Lipinski definition) is 6. The maximum Gasteiger partial charge on any atom is 0.328 e. The predicted octanol–water partition coefficient (Wildman–Crippen LogP) is 2.05. The summed E-state index contributed by atoms with van der Waals surface area (Å²) in [5, 5.41) is 12.0. The third-order valence-corrected chi connectivity index (χ3v) is 4.05. The molecule has 130 valence electrons. The van der Waals surface area contributed by atoms with Crippen molar-refractivity contribution >= 4 is 17.9 Å². The van der Waals surface area contributed by atoms with Gasteiger partial charge in [0.05, 0.1) is 18.1 Å². The Morgan fingerprint density at radius 3 is 3.00 bits per heavy atom. The van der Waals surface area contributed by atoms with Crippen molar-refractivity contribution in [2.24, 2.45) is 0 Å². The van der Waals surface area contributed by atoms with Crippen molar-refractivity contribution in [1.29, 1.82) is 0 Å². The zero-order chi connectivity index (χ0) is 17.5. The first kappa shape index (κ1) is 17.0. The maximum absolute atomic E-state index is 10.5. The van der Waals surface area contributed by atoms with Gasteiger partial charge in [-0.25, -0.2) is 9.78 Å². The van der Waals surface area contributed by atoms with Gasteiger partial charge in [0.15, 0.2) is 0 Å². The molecule has 2 aromatic heterocycles. The number of nitrogens with one attached hydrogen (secondary N) is 1. The number of nitrogens with zero attached hydrogens (tertiary/aromatic N) is 4. The average molecular weight is 339 g/mol. The molecule has 1 saturated heterocycles. The molecule has 1 aliphatic heterocycles. The van der Waals surface area contributed by atoms with Crippen LogP contribution in [0, 0.1) is 0 Å². The zero-order valence-corrected chi connectivity index (χ0v) is 13.9. The zero-order valence-electron chi connectivity index (χ0n) is 13.9. The molecule has 0 spiro atoms. The Hall–Kier alpha value is -2.80. The Morgan fingerprint density at radius 2 is 2.28 bits per heavy atom. The molecule has 1 atom stereocenters. The summed E-state index contributed by atoms with van der Waals surface area (Å²) in [6.07, 6.45) is 11.6. The van der Waals surface area contributed by atoms with Crippen LogP contribution in [-0.2, 0) is 11.3 Å². The Bertz CT molecular complexity index is 718. The molecule has 1 aliphatic rings. The van der Waals surface area contributed by atoms with Crippen LogP contribution in [0.15, 0.2) is 43.0 Å². The fraction of sp³-hybridized carbons (Fsp3) is 0.333. The number of carbonyl (C=O) groups is 1. The Morgan fingerprint density at radius 1 is 1.36 bits per heavy atom. The highest BCUT2D eigenvalue weighted by Gasteiger charge is 2.20. The number of aliphatic carboxylic acids is 1. The van der Waals surface area contributed by atoms with Gasteiger partial charge >= 0.3 is 5.97 Å². The van der Waals surface area contributed by atoms with Gasteiger partial charge in [-0.2, -0.15) is 0 Å². The third kappa shape index (κ3) is 5.36. The molecule has 7 nitrogen and oxygen atoms in total. The van der Waals surface area contributed by atoms with E-state index in [0.717, 1.165) is 38.6 Å². The monoisotopic (exact) mass is 339 g/mol. The number of rotatable bonds is 6. The normalized spacial score (nSPS) is 18.3. The van der Waals surface area contributed by atoms with Crippen molar-refractivity contribution in [1.82, 2.24) is 19.9 Å². The molecule has 25 heavy (non-hydrogen) atoms. The van der Waals surface area contributed by atoms with Crippen LogP contribution < -0.4 is 5.32 Å². The minimum absolute atomic E-state index is 0.320. The number of carboxylic acids is 1. The second-order valence-electron chi connectivity index (χ2n) is 6.08. The van der Waals surface area contributed by atoms with Gasteiger partial charge in [-0.05, 0) is 37.1 Å². The van der Waals surface area contributed by atoms with Crippen molar-refractivity contribution in [3.05, 3.63) is 54.3 Å². The van der Waals surface area contributed by atoms with E-state index >= 15 is 0 Å². The number of anilines is 1. The molecule has 0 bridgehead atoms. The first-order valence-electron chi connectivity index (χ1n) is 8.30. The van der Waals surface area contributed by atoms with Crippen LogP contribution in [0.25, 0.3) is 6.08 Å². The van der Waals surface area contributed by atoms with Crippen LogP contribution >= 0.6 is 0 Å². The van der Waals surface area contributed by atoms with Crippen molar-refractivity contribution in [2.45, 2.75) is 25.4 Å². The highest BCUT2D eigenvalue weighted by Crippen LogP contribution is 2.16. The Labute approximate surface area is 146 Å². The van der Waals surface area contributed by atoms with E-state index in [9.17, 15) is 4.79 Å². The summed E-state index contributed by atoms with van der Waals surface area (Å²) in [4.78, 5) is 25.6. The molecular formula is C18H21N5O2. The van der Waals surface area contributed by atoms with E-state index in [1.54, 1.807) is 18.6 Å². The van der Waals surface area contributed by atoms with Gasteiger partial charge in [-0.3, -0.25) is 14.9 Å². The maximum atomic E-state index is 10.5. The quantitative estimate of drug-likeness (QED) is 0.778. The molecule has 7 heteroatoms. The van der Waals surface area contributed by atoms with E-state index in [2.05, 4.69) is 31.2 Å². The van der Waals surface area contributed by atoms with E-state index in [1.807, 2.05) is 12.3 Å². The lowest BCUT2D eigenvalue weighted by atomic mass is 10.1. The highest BCUT2D eigenvalue weighted by atomic mass is 16.4. The number of likely N-dealkylation sites (tertiary alicyclic amines) is 1.